The van der Waals surface area contributed by atoms with E-state index in [1.165, 1.54) is 32.4 Å². The minimum atomic E-state index is 0.136. The maximum Gasteiger partial charge on any atom is 0.272 e. The van der Waals surface area contributed by atoms with Crippen molar-refractivity contribution in [2.45, 2.75) is 52.6 Å². The van der Waals surface area contributed by atoms with Crippen LogP contribution in [0.3, 0.4) is 0 Å². The monoisotopic (exact) mass is 315 g/mol. The number of piperidine rings is 1. The lowest BCUT2D eigenvalue weighted by atomic mass is 9.97. The van der Waals surface area contributed by atoms with Gasteiger partial charge in [0.05, 0.1) is 5.69 Å². The molecule has 3 aliphatic rings. The van der Waals surface area contributed by atoms with Gasteiger partial charge in [-0.2, -0.15) is 0 Å². The van der Waals surface area contributed by atoms with Crippen LogP contribution < -0.4 is 0 Å². The van der Waals surface area contributed by atoms with E-state index in [1.807, 2.05) is 36.9 Å². The zero-order chi connectivity index (χ0) is 16.4. The van der Waals surface area contributed by atoms with Crippen LogP contribution in [0.2, 0.25) is 0 Å². The third-order valence-corrected chi connectivity index (χ3v) is 5.31. The van der Waals surface area contributed by atoms with Gasteiger partial charge in [-0.1, -0.05) is 33.3 Å². The van der Waals surface area contributed by atoms with Gasteiger partial charge in [0, 0.05) is 32.2 Å². The molecule has 0 aromatic carbocycles. The summed E-state index contributed by atoms with van der Waals surface area (Å²) in [7, 11) is 0. The van der Waals surface area contributed by atoms with Crippen LogP contribution in [0.1, 0.15) is 56.2 Å². The normalized spacial score (nSPS) is 26.1. The summed E-state index contributed by atoms with van der Waals surface area (Å²) in [5.41, 5.74) is 1.66. The molecule has 2 saturated heterocycles. The zero-order valence-corrected chi connectivity index (χ0v) is 14.7. The molecule has 1 saturated carbocycles. The summed E-state index contributed by atoms with van der Waals surface area (Å²) in [6.07, 6.45) is 3.65. The van der Waals surface area contributed by atoms with Crippen LogP contribution >= 0.6 is 0 Å². The molecule has 1 aromatic rings. The Labute approximate surface area is 139 Å². The van der Waals surface area contributed by atoms with Crippen LogP contribution in [0, 0.1) is 11.8 Å². The summed E-state index contributed by atoms with van der Waals surface area (Å²) in [5, 5.41) is 0. The zero-order valence-electron chi connectivity index (χ0n) is 14.7. The molecule has 3 heterocycles. The molecular weight excluding hydrogens is 286 g/mol. The van der Waals surface area contributed by atoms with E-state index in [9.17, 15) is 4.79 Å². The molecule has 4 rings (SSSR count). The number of hydrogen-bond acceptors (Lipinski definition) is 3. The molecule has 2 unspecified atom stereocenters. The Bertz CT molecular complexity index is 553. The van der Waals surface area contributed by atoms with Gasteiger partial charge < -0.3 is 4.90 Å². The minimum Gasteiger partial charge on any atom is -0.334 e. The first-order chi connectivity index (χ1) is 11.2. The molecule has 0 radical (unpaired) electrons. The van der Waals surface area contributed by atoms with Crippen molar-refractivity contribution in [2.75, 3.05) is 19.6 Å². The molecule has 2 atom stereocenters. The number of pyridine rings is 1. The standard InChI is InChI=1S/C17H23N3O.C2H6/c1-2-12-9-19(10-12)11-14-4-3-5-15(18-14)17(21)20-7-6-13-8-16(13)20;1-2/h3-5,12-13,16H,2,6-11H2,1H3;1-2H3. The van der Waals surface area contributed by atoms with Crippen molar-refractivity contribution in [3.63, 3.8) is 0 Å². The molecule has 126 valence electrons. The molecule has 0 spiro atoms. The van der Waals surface area contributed by atoms with E-state index >= 15 is 0 Å². The maximum atomic E-state index is 12.6. The molecule has 4 heteroatoms. The number of rotatable bonds is 4. The molecule has 1 amide bonds. The van der Waals surface area contributed by atoms with E-state index in [0.29, 0.717) is 11.7 Å². The van der Waals surface area contributed by atoms with Crippen LogP contribution in [0.15, 0.2) is 18.2 Å². The van der Waals surface area contributed by atoms with Crippen molar-refractivity contribution in [2.24, 2.45) is 11.8 Å². The first-order valence-corrected chi connectivity index (χ1v) is 9.24. The van der Waals surface area contributed by atoms with Crippen LogP contribution in [-0.4, -0.2) is 46.4 Å². The lowest BCUT2D eigenvalue weighted by molar-refractivity contribution is 0.0758. The van der Waals surface area contributed by atoms with Gasteiger partial charge in [-0.25, -0.2) is 4.98 Å². The quantitative estimate of drug-likeness (QED) is 0.856. The van der Waals surface area contributed by atoms with E-state index < -0.39 is 0 Å². The molecule has 1 aliphatic carbocycles. The first kappa shape index (κ1) is 16.4. The fourth-order valence-electron chi connectivity index (χ4n) is 3.77. The van der Waals surface area contributed by atoms with E-state index in [1.54, 1.807) is 0 Å². The average Bonchev–Trinajstić information content (AvgIpc) is 3.22. The molecule has 4 nitrogen and oxygen atoms in total. The van der Waals surface area contributed by atoms with Crippen LogP contribution in [0.4, 0.5) is 0 Å². The SMILES string of the molecule is CC.CCC1CN(Cc2cccc(C(=O)N3CCC4CC43)n2)C1. The Morgan fingerprint density at radius 1 is 1.30 bits per heavy atom. The van der Waals surface area contributed by atoms with Gasteiger partial charge in [0.1, 0.15) is 5.69 Å². The van der Waals surface area contributed by atoms with E-state index in [-0.39, 0.29) is 5.91 Å². The van der Waals surface area contributed by atoms with Gasteiger partial charge in [-0.15, -0.1) is 0 Å². The molecule has 23 heavy (non-hydrogen) atoms. The number of carbonyl (C=O) groups is 1. The Morgan fingerprint density at radius 2 is 2.09 bits per heavy atom. The third kappa shape index (κ3) is 3.42. The smallest absolute Gasteiger partial charge is 0.272 e. The summed E-state index contributed by atoms with van der Waals surface area (Å²) in [5.74, 6) is 1.77. The second-order valence-corrected chi connectivity index (χ2v) is 6.83. The highest BCUT2D eigenvalue weighted by Crippen LogP contribution is 2.44. The first-order valence-electron chi connectivity index (χ1n) is 9.24. The fraction of sp³-hybridized carbons (Fsp3) is 0.684. The van der Waals surface area contributed by atoms with Gasteiger partial charge >= 0.3 is 0 Å². The van der Waals surface area contributed by atoms with E-state index in [2.05, 4.69) is 16.8 Å². The lowest BCUT2D eigenvalue weighted by Gasteiger charge is -2.38. The van der Waals surface area contributed by atoms with Gasteiger partial charge in [0.2, 0.25) is 0 Å². The van der Waals surface area contributed by atoms with Crippen molar-refractivity contribution >= 4 is 5.91 Å². The van der Waals surface area contributed by atoms with Crippen molar-refractivity contribution in [3.05, 3.63) is 29.6 Å². The van der Waals surface area contributed by atoms with Crippen LogP contribution in [-0.2, 0) is 6.54 Å². The summed E-state index contributed by atoms with van der Waals surface area (Å²) < 4.78 is 0. The van der Waals surface area contributed by atoms with Gasteiger partial charge in [0.15, 0.2) is 0 Å². The molecule has 0 N–H and O–H groups in total. The number of nitrogens with zero attached hydrogens (tertiary/aromatic N) is 3. The molecule has 1 aromatic heterocycles. The molecule has 0 bridgehead atoms. The highest BCUT2D eigenvalue weighted by Gasteiger charge is 2.49. The van der Waals surface area contributed by atoms with Crippen molar-refractivity contribution < 1.29 is 4.79 Å². The highest BCUT2D eigenvalue weighted by molar-refractivity contribution is 5.93. The van der Waals surface area contributed by atoms with Crippen LogP contribution in [0.25, 0.3) is 0 Å². The summed E-state index contributed by atoms with van der Waals surface area (Å²) in [4.78, 5) is 21.6. The number of aromatic nitrogens is 1. The Morgan fingerprint density at radius 3 is 2.70 bits per heavy atom. The largest absolute Gasteiger partial charge is 0.334 e. The lowest BCUT2D eigenvalue weighted by Crippen LogP contribution is -2.45. The predicted molar refractivity (Wildman–Crippen MR) is 92.2 cm³/mol. The minimum absolute atomic E-state index is 0.136. The number of likely N-dealkylation sites (tertiary alicyclic amines) is 2. The van der Waals surface area contributed by atoms with Crippen molar-refractivity contribution in [1.82, 2.24) is 14.8 Å². The topological polar surface area (TPSA) is 36.4 Å². The second kappa shape index (κ2) is 7.00. The molecular formula is C19H29N3O. The highest BCUT2D eigenvalue weighted by atomic mass is 16.2. The molecule has 2 aliphatic heterocycles. The summed E-state index contributed by atoms with van der Waals surface area (Å²) in [6.45, 7) is 10.4. The maximum absolute atomic E-state index is 12.6. The number of amides is 1. The molecule has 3 fully saturated rings. The predicted octanol–water partition coefficient (Wildman–Crippen LogP) is 3.18. The Balaban J connectivity index is 0.000000753. The van der Waals surface area contributed by atoms with Gasteiger partial charge in [-0.05, 0) is 36.8 Å². The Kier molecular flexibility index (Phi) is 5.00. The van der Waals surface area contributed by atoms with Crippen molar-refractivity contribution in [1.29, 1.82) is 0 Å². The third-order valence-electron chi connectivity index (χ3n) is 5.31. The van der Waals surface area contributed by atoms with Gasteiger partial charge in [-0.3, -0.25) is 9.69 Å². The average molecular weight is 315 g/mol. The second-order valence-electron chi connectivity index (χ2n) is 6.83. The number of carbonyl (C=O) groups excluding carboxylic acids is 1. The van der Waals surface area contributed by atoms with Crippen LogP contribution in [0.5, 0.6) is 0 Å². The summed E-state index contributed by atoms with van der Waals surface area (Å²) >= 11 is 0. The van der Waals surface area contributed by atoms with E-state index in [0.717, 1.165) is 30.6 Å². The fourth-order valence-corrected chi connectivity index (χ4v) is 3.77. The van der Waals surface area contributed by atoms with Gasteiger partial charge in [0.25, 0.3) is 5.91 Å². The van der Waals surface area contributed by atoms with E-state index in [4.69, 9.17) is 0 Å². The number of fused-ring (bicyclic) bond motifs is 1. The number of hydrogen-bond donors (Lipinski definition) is 0. The Hall–Kier alpha value is -1.42. The van der Waals surface area contributed by atoms with Crippen molar-refractivity contribution in [3.8, 4) is 0 Å². The summed E-state index contributed by atoms with van der Waals surface area (Å²) in [6, 6.07) is 6.41.